The summed E-state index contributed by atoms with van der Waals surface area (Å²) >= 11 is 6.26. The summed E-state index contributed by atoms with van der Waals surface area (Å²) in [6, 6.07) is 13.2. The number of rotatable bonds is 6. The molecule has 1 amide bonds. The van der Waals surface area contributed by atoms with Crippen LogP contribution in [0.2, 0.25) is 5.02 Å². The minimum atomic E-state index is -0.367. The molecule has 1 heterocycles. The molecule has 2 aromatic carbocycles. The van der Waals surface area contributed by atoms with Gasteiger partial charge in [0.25, 0.3) is 0 Å². The van der Waals surface area contributed by atoms with Gasteiger partial charge in [0.05, 0.1) is 12.2 Å². The monoisotopic (exact) mass is 414 g/mol. The third kappa shape index (κ3) is 5.37. The smallest absolute Gasteiger partial charge is 0.338 e. The van der Waals surface area contributed by atoms with Gasteiger partial charge in [0.2, 0.25) is 5.91 Å². The molecule has 29 heavy (non-hydrogen) atoms. The molecule has 1 aliphatic heterocycles. The molecule has 0 saturated carbocycles. The van der Waals surface area contributed by atoms with Crippen molar-refractivity contribution in [2.75, 3.05) is 25.0 Å². The number of benzene rings is 2. The summed E-state index contributed by atoms with van der Waals surface area (Å²) in [6.07, 6.45) is 1.60. The number of halogens is 1. The van der Waals surface area contributed by atoms with Crippen LogP contribution in [-0.2, 0) is 16.1 Å². The van der Waals surface area contributed by atoms with E-state index >= 15 is 0 Å². The fourth-order valence-electron chi connectivity index (χ4n) is 3.66. The number of hydrogen-bond donors (Lipinski definition) is 1. The van der Waals surface area contributed by atoms with E-state index < -0.39 is 0 Å². The van der Waals surface area contributed by atoms with Gasteiger partial charge in [-0.3, -0.25) is 9.69 Å². The van der Waals surface area contributed by atoms with Crippen molar-refractivity contribution in [1.82, 2.24) is 4.90 Å². The van der Waals surface area contributed by atoms with Crippen LogP contribution in [0.5, 0.6) is 0 Å². The van der Waals surface area contributed by atoms with Crippen molar-refractivity contribution in [1.29, 1.82) is 0 Å². The first-order valence-electron chi connectivity index (χ1n) is 10.0. The Balaban J connectivity index is 1.57. The number of carbonyl (C=O) groups is 2. The topological polar surface area (TPSA) is 58.6 Å². The maximum atomic E-state index is 12.8. The number of ether oxygens (including phenoxy) is 1. The third-order valence-electron chi connectivity index (χ3n) is 5.40. The SMILES string of the molecule is CCOC(=O)c1cccc(NC(=O)C2CCN(Cc3ccccc3Cl)CC2)c1C. The minimum Gasteiger partial charge on any atom is -0.462 e. The molecule has 0 spiro atoms. The fourth-order valence-corrected chi connectivity index (χ4v) is 3.85. The summed E-state index contributed by atoms with van der Waals surface area (Å²) in [6.45, 7) is 6.43. The highest BCUT2D eigenvalue weighted by atomic mass is 35.5. The van der Waals surface area contributed by atoms with Gasteiger partial charge in [-0.1, -0.05) is 35.9 Å². The fraction of sp³-hybridized carbons (Fsp3) is 0.391. The average molecular weight is 415 g/mol. The lowest BCUT2D eigenvalue weighted by atomic mass is 9.95. The summed E-state index contributed by atoms with van der Waals surface area (Å²) in [4.78, 5) is 27.2. The van der Waals surface area contributed by atoms with Gasteiger partial charge in [-0.05, 0) is 69.1 Å². The summed E-state index contributed by atoms with van der Waals surface area (Å²) in [5, 5.41) is 3.79. The molecule has 1 saturated heterocycles. The van der Waals surface area contributed by atoms with Crippen molar-refractivity contribution in [3.63, 3.8) is 0 Å². The zero-order valence-electron chi connectivity index (χ0n) is 16.9. The standard InChI is InChI=1S/C23H27ClN2O3/c1-3-29-23(28)19-8-6-10-21(16(19)2)25-22(27)17-11-13-26(14-12-17)15-18-7-4-5-9-20(18)24/h4-10,17H,3,11-15H2,1-2H3,(H,25,27). The zero-order chi connectivity index (χ0) is 20.8. The minimum absolute atomic E-state index is 0.00602. The number of carbonyl (C=O) groups excluding carboxylic acids is 2. The van der Waals surface area contributed by atoms with E-state index in [4.69, 9.17) is 16.3 Å². The van der Waals surface area contributed by atoms with E-state index in [-0.39, 0.29) is 17.8 Å². The molecule has 0 atom stereocenters. The number of likely N-dealkylation sites (tertiary alicyclic amines) is 1. The Bertz CT molecular complexity index is 876. The highest BCUT2D eigenvalue weighted by molar-refractivity contribution is 6.31. The van der Waals surface area contributed by atoms with Crippen LogP contribution < -0.4 is 5.32 Å². The number of piperidine rings is 1. The molecule has 0 bridgehead atoms. The first kappa shape index (κ1) is 21.3. The molecule has 1 N–H and O–H groups in total. The lowest BCUT2D eigenvalue weighted by Crippen LogP contribution is -2.37. The van der Waals surface area contributed by atoms with E-state index in [0.29, 0.717) is 17.9 Å². The summed E-state index contributed by atoms with van der Waals surface area (Å²) < 4.78 is 5.09. The molecule has 1 fully saturated rings. The molecule has 0 radical (unpaired) electrons. The van der Waals surface area contributed by atoms with Crippen LogP contribution in [0, 0.1) is 12.8 Å². The largest absolute Gasteiger partial charge is 0.462 e. The number of anilines is 1. The number of hydrogen-bond acceptors (Lipinski definition) is 4. The molecule has 6 heteroatoms. The number of esters is 1. The Hall–Kier alpha value is -2.37. The van der Waals surface area contributed by atoms with Crippen molar-refractivity contribution < 1.29 is 14.3 Å². The second-order valence-electron chi connectivity index (χ2n) is 7.33. The predicted octanol–water partition coefficient (Wildman–Crippen LogP) is 4.68. The van der Waals surface area contributed by atoms with Gasteiger partial charge in [-0.2, -0.15) is 0 Å². The van der Waals surface area contributed by atoms with Crippen LogP contribution in [0.1, 0.15) is 41.3 Å². The van der Waals surface area contributed by atoms with Crippen LogP contribution in [0.25, 0.3) is 0 Å². The van der Waals surface area contributed by atoms with Crippen molar-refractivity contribution in [3.8, 4) is 0 Å². The van der Waals surface area contributed by atoms with Gasteiger partial charge in [-0.25, -0.2) is 4.79 Å². The van der Waals surface area contributed by atoms with Crippen molar-refractivity contribution in [3.05, 3.63) is 64.2 Å². The van der Waals surface area contributed by atoms with Crippen LogP contribution in [0.4, 0.5) is 5.69 Å². The van der Waals surface area contributed by atoms with E-state index in [1.54, 1.807) is 19.1 Å². The second kappa shape index (κ2) is 9.90. The molecule has 0 aliphatic carbocycles. The molecule has 2 aromatic rings. The molecule has 154 valence electrons. The maximum Gasteiger partial charge on any atom is 0.338 e. The van der Waals surface area contributed by atoms with Crippen LogP contribution in [-0.4, -0.2) is 36.5 Å². The van der Waals surface area contributed by atoms with E-state index in [1.807, 2.05) is 37.3 Å². The molecule has 0 aromatic heterocycles. The van der Waals surface area contributed by atoms with Crippen molar-refractivity contribution in [2.24, 2.45) is 5.92 Å². The van der Waals surface area contributed by atoms with E-state index in [9.17, 15) is 9.59 Å². The van der Waals surface area contributed by atoms with Crippen molar-refractivity contribution in [2.45, 2.75) is 33.2 Å². The van der Waals surface area contributed by atoms with E-state index in [0.717, 1.165) is 48.6 Å². The predicted molar refractivity (Wildman–Crippen MR) is 115 cm³/mol. The highest BCUT2D eigenvalue weighted by Crippen LogP contribution is 2.25. The number of nitrogens with one attached hydrogen (secondary N) is 1. The molecular formula is C23H27ClN2O3. The van der Waals surface area contributed by atoms with Gasteiger partial charge in [0.15, 0.2) is 0 Å². The lowest BCUT2D eigenvalue weighted by molar-refractivity contribution is -0.121. The summed E-state index contributed by atoms with van der Waals surface area (Å²) in [5.74, 6) is -0.399. The molecule has 5 nitrogen and oxygen atoms in total. The first-order chi connectivity index (χ1) is 14.0. The van der Waals surface area contributed by atoms with Gasteiger partial charge in [0.1, 0.15) is 0 Å². The number of nitrogens with zero attached hydrogens (tertiary/aromatic N) is 1. The van der Waals surface area contributed by atoms with Crippen molar-refractivity contribution >= 4 is 29.2 Å². The van der Waals surface area contributed by atoms with Crippen LogP contribution >= 0.6 is 11.6 Å². The van der Waals surface area contributed by atoms with Gasteiger partial charge >= 0.3 is 5.97 Å². The lowest BCUT2D eigenvalue weighted by Gasteiger charge is -2.31. The van der Waals surface area contributed by atoms with Gasteiger partial charge < -0.3 is 10.1 Å². The van der Waals surface area contributed by atoms with Gasteiger partial charge in [0, 0.05) is 23.2 Å². The third-order valence-corrected chi connectivity index (χ3v) is 5.77. The average Bonchev–Trinajstić information content (AvgIpc) is 2.72. The first-order valence-corrected chi connectivity index (χ1v) is 10.4. The Kier molecular flexibility index (Phi) is 7.29. The second-order valence-corrected chi connectivity index (χ2v) is 7.74. The quantitative estimate of drug-likeness (QED) is 0.697. The van der Waals surface area contributed by atoms with E-state index in [2.05, 4.69) is 10.2 Å². The molecule has 3 rings (SSSR count). The normalized spacial score (nSPS) is 15.1. The molecule has 1 aliphatic rings. The van der Waals surface area contributed by atoms with Crippen LogP contribution in [0.15, 0.2) is 42.5 Å². The zero-order valence-corrected chi connectivity index (χ0v) is 17.7. The Morgan fingerprint density at radius 2 is 1.86 bits per heavy atom. The maximum absolute atomic E-state index is 12.8. The van der Waals surface area contributed by atoms with Crippen LogP contribution in [0.3, 0.4) is 0 Å². The summed E-state index contributed by atoms with van der Waals surface area (Å²) in [5.41, 5.74) is 3.00. The molecule has 0 unspecified atom stereocenters. The number of amides is 1. The Morgan fingerprint density at radius 3 is 2.55 bits per heavy atom. The molecular weight excluding hydrogens is 388 g/mol. The summed E-state index contributed by atoms with van der Waals surface area (Å²) in [7, 11) is 0. The van der Waals surface area contributed by atoms with E-state index in [1.165, 1.54) is 0 Å². The Morgan fingerprint density at radius 1 is 1.14 bits per heavy atom. The Labute approximate surface area is 177 Å². The highest BCUT2D eigenvalue weighted by Gasteiger charge is 2.26. The van der Waals surface area contributed by atoms with Gasteiger partial charge in [-0.15, -0.1) is 0 Å².